The highest BCUT2D eigenvalue weighted by molar-refractivity contribution is 5.69. The van der Waals surface area contributed by atoms with Gasteiger partial charge >= 0.3 is 0 Å². The van der Waals surface area contributed by atoms with E-state index in [2.05, 4.69) is 31.7 Å². The summed E-state index contributed by atoms with van der Waals surface area (Å²) in [6.45, 7) is 0.655. The first-order valence-electron chi connectivity index (χ1n) is 8.20. The molecule has 0 aliphatic rings. The predicted molar refractivity (Wildman–Crippen MR) is 99.9 cm³/mol. The van der Waals surface area contributed by atoms with Crippen molar-refractivity contribution in [3.05, 3.63) is 60.4 Å². The van der Waals surface area contributed by atoms with Crippen LogP contribution < -0.4 is 10.6 Å². The standard InChI is InChI=1S/C19H18N6O/c20-13-15-4-1-2-5-16(15)23-18-12-17(14-6-9-21-10-7-14)24-19(25-18)22-8-3-11-26/h1-2,4-7,9-10,12,26H,3,8,11H2,(H2,22,23,24,25). The number of pyridine rings is 1. The third kappa shape index (κ3) is 4.32. The van der Waals surface area contributed by atoms with Crippen LogP contribution in [0.25, 0.3) is 11.3 Å². The second-order valence-corrected chi connectivity index (χ2v) is 5.48. The number of nitrogens with zero attached hydrogens (tertiary/aromatic N) is 4. The average molecular weight is 346 g/mol. The first-order chi connectivity index (χ1) is 12.8. The lowest BCUT2D eigenvalue weighted by molar-refractivity contribution is 0.292. The molecule has 0 saturated heterocycles. The zero-order chi connectivity index (χ0) is 18.2. The summed E-state index contributed by atoms with van der Waals surface area (Å²) in [7, 11) is 0. The normalized spacial score (nSPS) is 10.2. The van der Waals surface area contributed by atoms with Crippen LogP contribution in [0.15, 0.2) is 54.9 Å². The molecule has 3 rings (SSSR count). The van der Waals surface area contributed by atoms with E-state index in [1.165, 1.54) is 0 Å². The second-order valence-electron chi connectivity index (χ2n) is 5.48. The summed E-state index contributed by atoms with van der Waals surface area (Å²) < 4.78 is 0. The quantitative estimate of drug-likeness (QED) is 0.565. The number of nitrogens with one attached hydrogen (secondary N) is 2. The predicted octanol–water partition coefficient (Wildman–Crippen LogP) is 2.95. The van der Waals surface area contributed by atoms with Crippen LogP contribution in [0.2, 0.25) is 0 Å². The maximum atomic E-state index is 9.26. The highest BCUT2D eigenvalue weighted by atomic mass is 16.3. The molecule has 3 aromatic rings. The van der Waals surface area contributed by atoms with Gasteiger partial charge in [0, 0.05) is 37.2 Å². The molecule has 0 saturated carbocycles. The highest BCUT2D eigenvalue weighted by Crippen LogP contribution is 2.24. The minimum atomic E-state index is 0.0949. The summed E-state index contributed by atoms with van der Waals surface area (Å²) in [4.78, 5) is 13.0. The molecule has 0 aliphatic heterocycles. The van der Waals surface area contributed by atoms with Crippen LogP contribution in [-0.4, -0.2) is 33.2 Å². The molecule has 0 aliphatic carbocycles. The molecule has 0 amide bonds. The molecular formula is C19H18N6O. The van der Waals surface area contributed by atoms with Gasteiger partial charge in [-0.05, 0) is 30.7 Å². The van der Waals surface area contributed by atoms with Crippen LogP contribution in [0, 0.1) is 11.3 Å². The van der Waals surface area contributed by atoms with Crippen molar-refractivity contribution in [1.29, 1.82) is 5.26 Å². The lowest BCUT2D eigenvalue weighted by atomic mass is 10.2. The zero-order valence-electron chi connectivity index (χ0n) is 14.1. The third-order valence-electron chi connectivity index (χ3n) is 3.63. The number of aromatic nitrogens is 3. The van der Waals surface area contributed by atoms with Crippen molar-refractivity contribution in [2.24, 2.45) is 0 Å². The van der Waals surface area contributed by atoms with Crippen LogP contribution in [0.3, 0.4) is 0 Å². The Bertz CT molecular complexity index is 907. The lowest BCUT2D eigenvalue weighted by Crippen LogP contribution is -2.09. The Morgan fingerprint density at radius 2 is 1.88 bits per heavy atom. The van der Waals surface area contributed by atoms with Crippen molar-refractivity contribution < 1.29 is 5.11 Å². The molecule has 26 heavy (non-hydrogen) atoms. The average Bonchev–Trinajstić information content (AvgIpc) is 2.69. The summed E-state index contributed by atoms with van der Waals surface area (Å²) in [5, 5.41) is 24.5. The SMILES string of the molecule is N#Cc1ccccc1Nc1cc(-c2ccncc2)nc(NCCCO)n1. The van der Waals surface area contributed by atoms with Gasteiger partial charge in [0.15, 0.2) is 0 Å². The smallest absolute Gasteiger partial charge is 0.225 e. The molecule has 7 heteroatoms. The zero-order valence-corrected chi connectivity index (χ0v) is 14.1. The van der Waals surface area contributed by atoms with Crippen LogP contribution in [0.4, 0.5) is 17.5 Å². The van der Waals surface area contributed by atoms with Crippen molar-refractivity contribution in [1.82, 2.24) is 15.0 Å². The Labute approximate surface area is 151 Å². The van der Waals surface area contributed by atoms with Gasteiger partial charge < -0.3 is 15.7 Å². The molecule has 0 unspecified atom stereocenters. The Morgan fingerprint density at radius 1 is 1.08 bits per heavy atom. The molecule has 2 aromatic heterocycles. The van der Waals surface area contributed by atoms with E-state index in [1.54, 1.807) is 18.5 Å². The molecule has 130 valence electrons. The van der Waals surface area contributed by atoms with E-state index in [-0.39, 0.29) is 6.61 Å². The molecule has 0 fully saturated rings. The summed E-state index contributed by atoms with van der Waals surface area (Å²) in [5.41, 5.74) is 2.84. The van der Waals surface area contributed by atoms with E-state index in [4.69, 9.17) is 5.11 Å². The summed E-state index contributed by atoms with van der Waals surface area (Å²) in [5.74, 6) is 1.02. The number of hydrogen-bond donors (Lipinski definition) is 3. The van der Waals surface area contributed by atoms with Gasteiger partial charge in [0.1, 0.15) is 11.9 Å². The molecule has 7 nitrogen and oxygen atoms in total. The molecule has 0 radical (unpaired) electrons. The Hall–Kier alpha value is -3.50. The van der Waals surface area contributed by atoms with E-state index >= 15 is 0 Å². The number of para-hydroxylation sites is 1. The van der Waals surface area contributed by atoms with Crippen LogP contribution >= 0.6 is 0 Å². The largest absolute Gasteiger partial charge is 0.396 e. The van der Waals surface area contributed by atoms with Gasteiger partial charge in [-0.2, -0.15) is 10.2 Å². The van der Waals surface area contributed by atoms with Gasteiger partial charge in [-0.25, -0.2) is 4.98 Å². The Morgan fingerprint density at radius 3 is 2.65 bits per heavy atom. The minimum absolute atomic E-state index is 0.0949. The van der Waals surface area contributed by atoms with Crippen LogP contribution in [0.5, 0.6) is 0 Å². The molecule has 3 N–H and O–H groups in total. The maximum absolute atomic E-state index is 9.26. The van der Waals surface area contributed by atoms with Crippen molar-refractivity contribution in [2.45, 2.75) is 6.42 Å². The molecule has 0 atom stereocenters. The summed E-state index contributed by atoms with van der Waals surface area (Å²) >= 11 is 0. The van der Waals surface area contributed by atoms with Crippen molar-refractivity contribution in [2.75, 3.05) is 23.8 Å². The van der Waals surface area contributed by atoms with Gasteiger partial charge in [0.2, 0.25) is 5.95 Å². The van der Waals surface area contributed by atoms with Crippen LogP contribution in [-0.2, 0) is 0 Å². The van der Waals surface area contributed by atoms with E-state index in [1.807, 2.05) is 36.4 Å². The highest BCUT2D eigenvalue weighted by Gasteiger charge is 2.09. The molecular weight excluding hydrogens is 328 g/mol. The van der Waals surface area contributed by atoms with Crippen molar-refractivity contribution >= 4 is 17.5 Å². The topological polar surface area (TPSA) is 107 Å². The first-order valence-corrected chi connectivity index (χ1v) is 8.20. The van der Waals surface area contributed by atoms with Gasteiger partial charge in [0.25, 0.3) is 0 Å². The third-order valence-corrected chi connectivity index (χ3v) is 3.63. The number of anilines is 3. The van der Waals surface area contributed by atoms with Gasteiger partial charge in [-0.15, -0.1) is 0 Å². The van der Waals surface area contributed by atoms with E-state index in [0.717, 1.165) is 11.3 Å². The number of aliphatic hydroxyl groups is 1. The van der Waals surface area contributed by atoms with E-state index in [9.17, 15) is 5.26 Å². The van der Waals surface area contributed by atoms with Gasteiger partial charge in [0.05, 0.1) is 16.9 Å². The summed E-state index contributed by atoms with van der Waals surface area (Å²) in [6, 6.07) is 15.0. The number of benzene rings is 1. The molecule has 2 heterocycles. The molecule has 1 aromatic carbocycles. The van der Waals surface area contributed by atoms with Gasteiger partial charge in [-0.3, -0.25) is 4.98 Å². The number of nitriles is 1. The lowest BCUT2D eigenvalue weighted by Gasteiger charge is -2.12. The molecule has 0 bridgehead atoms. The fraction of sp³-hybridized carbons (Fsp3) is 0.158. The minimum Gasteiger partial charge on any atom is -0.396 e. The van der Waals surface area contributed by atoms with E-state index in [0.29, 0.717) is 36.0 Å². The summed E-state index contributed by atoms with van der Waals surface area (Å²) in [6.07, 6.45) is 4.01. The number of rotatable bonds is 7. The Kier molecular flexibility index (Phi) is 5.70. The fourth-order valence-corrected chi connectivity index (χ4v) is 2.37. The van der Waals surface area contributed by atoms with Gasteiger partial charge in [-0.1, -0.05) is 12.1 Å². The maximum Gasteiger partial charge on any atom is 0.225 e. The monoisotopic (exact) mass is 346 g/mol. The van der Waals surface area contributed by atoms with Crippen molar-refractivity contribution in [3.8, 4) is 17.3 Å². The Balaban J connectivity index is 1.95. The number of hydrogen-bond acceptors (Lipinski definition) is 7. The first kappa shape index (κ1) is 17.3. The van der Waals surface area contributed by atoms with E-state index < -0.39 is 0 Å². The number of aliphatic hydroxyl groups excluding tert-OH is 1. The second kappa shape index (κ2) is 8.55. The van der Waals surface area contributed by atoms with Crippen LogP contribution in [0.1, 0.15) is 12.0 Å². The van der Waals surface area contributed by atoms with Crippen molar-refractivity contribution in [3.63, 3.8) is 0 Å². The fourth-order valence-electron chi connectivity index (χ4n) is 2.37. The molecule has 0 spiro atoms.